The molecule has 0 saturated carbocycles. The highest BCUT2D eigenvalue weighted by molar-refractivity contribution is 7.17. The highest BCUT2D eigenvalue weighted by Crippen LogP contribution is 2.41. The van der Waals surface area contributed by atoms with Crippen molar-refractivity contribution in [2.75, 3.05) is 19.7 Å². The molecule has 1 aliphatic rings. The fourth-order valence-corrected chi connectivity index (χ4v) is 5.11. The van der Waals surface area contributed by atoms with Crippen LogP contribution in [-0.2, 0) is 16.0 Å². The molecule has 0 spiro atoms. The van der Waals surface area contributed by atoms with Crippen LogP contribution in [-0.4, -0.2) is 50.3 Å². The summed E-state index contributed by atoms with van der Waals surface area (Å²) in [6.07, 6.45) is 2.46. The van der Waals surface area contributed by atoms with Crippen LogP contribution in [0.4, 0.5) is 0 Å². The van der Waals surface area contributed by atoms with Gasteiger partial charge in [0.25, 0.3) is 0 Å². The summed E-state index contributed by atoms with van der Waals surface area (Å²) in [6.45, 7) is 5.68. The van der Waals surface area contributed by atoms with Gasteiger partial charge in [-0.05, 0) is 31.9 Å². The van der Waals surface area contributed by atoms with Gasteiger partial charge in [0.1, 0.15) is 0 Å². The molecule has 7 nitrogen and oxygen atoms in total. The minimum atomic E-state index is -0.160. The van der Waals surface area contributed by atoms with Gasteiger partial charge >= 0.3 is 5.97 Å². The monoisotopic (exact) mass is 414 g/mol. The third-order valence-corrected chi connectivity index (χ3v) is 6.43. The number of hydrogen-bond acceptors (Lipinski definition) is 7. The number of likely N-dealkylation sites (tertiary alicyclic amines) is 1. The molecule has 4 rings (SSSR count). The highest BCUT2D eigenvalue weighted by Gasteiger charge is 2.35. The normalized spacial score (nSPS) is 18.8. The van der Waals surface area contributed by atoms with Gasteiger partial charge in [-0.3, -0.25) is 9.69 Å². The molecule has 8 heteroatoms. The summed E-state index contributed by atoms with van der Waals surface area (Å²) in [7, 11) is 0. The summed E-state index contributed by atoms with van der Waals surface area (Å²) < 4.78 is 6.80. The van der Waals surface area contributed by atoms with Crippen LogP contribution in [0.15, 0.2) is 30.3 Å². The molecule has 1 fully saturated rings. The summed E-state index contributed by atoms with van der Waals surface area (Å²) in [5.74, 6) is 0.563. The van der Waals surface area contributed by atoms with Crippen LogP contribution in [0.25, 0.3) is 4.96 Å². The van der Waals surface area contributed by atoms with Crippen LogP contribution in [0.2, 0.25) is 0 Å². The van der Waals surface area contributed by atoms with Crippen LogP contribution in [0.1, 0.15) is 49.0 Å². The Morgan fingerprint density at radius 3 is 2.83 bits per heavy atom. The van der Waals surface area contributed by atoms with Crippen LogP contribution in [0, 0.1) is 5.92 Å². The molecule has 1 N–H and O–H groups in total. The summed E-state index contributed by atoms with van der Waals surface area (Å²) in [4.78, 5) is 20.6. The first-order valence-corrected chi connectivity index (χ1v) is 11.0. The lowest BCUT2D eigenvalue weighted by Gasteiger charge is -2.37. The molecule has 0 bridgehead atoms. The van der Waals surface area contributed by atoms with Gasteiger partial charge in [-0.15, -0.1) is 5.10 Å². The summed E-state index contributed by atoms with van der Waals surface area (Å²) in [6, 6.07) is 9.94. The third-order valence-electron chi connectivity index (χ3n) is 5.36. The van der Waals surface area contributed by atoms with Gasteiger partial charge in [-0.2, -0.15) is 4.52 Å². The standard InChI is InChI=1S/C21H26N4O3S/c1-3-16-22-21-25(23-16)19(26)18(29-21)17(14-9-6-5-7-10-14)24-12-8-11-15(13-24)20(27)28-4-2/h5-7,9-10,15,17,26H,3-4,8,11-13H2,1-2H3/t15-,17+/m1/s1. The largest absolute Gasteiger partial charge is 0.492 e. The number of aromatic nitrogens is 3. The predicted octanol–water partition coefficient (Wildman–Crippen LogP) is 3.42. The molecule has 29 heavy (non-hydrogen) atoms. The van der Waals surface area contributed by atoms with Gasteiger partial charge < -0.3 is 9.84 Å². The number of nitrogens with zero attached hydrogens (tertiary/aromatic N) is 4. The quantitative estimate of drug-likeness (QED) is 0.623. The molecule has 0 amide bonds. The molecule has 2 aromatic heterocycles. The Morgan fingerprint density at radius 1 is 1.34 bits per heavy atom. The maximum absolute atomic E-state index is 12.4. The van der Waals surface area contributed by atoms with E-state index in [1.165, 1.54) is 15.9 Å². The minimum Gasteiger partial charge on any atom is -0.492 e. The van der Waals surface area contributed by atoms with Crippen molar-refractivity contribution < 1.29 is 14.6 Å². The van der Waals surface area contributed by atoms with Crippen molar-refractivity contribution >= 4 is 22.3 Å². The Hall–Kier alpha value is -2.45. The number of carbonyl (C=O) groups excluding carboxylic acids is 1. The molecule has 1 aromatic carbocycles. The van der Waals surface area contributed by atoms with Crippen molar-refractivity contribution in [3.8, 4) is 5.88 Å². The summed E-state index contributed by atoms with van der Waals surface area (Å²) in [5, 5.41) is 15.4. The Balaban J connectivity index is 1.72. The molecule has 154 valence electrons. The number of aromatic hydroxyl groups is 1. The fraction of sp³-hybridized carbons (Fsp3) is 0.476. The van der Waals surface area contributed by atoms with E-state index < -0.39 is 0 Å². The smallest absolute Gasteiger partial charge is 0.310 e. The lowest BCUT2D eigenvalue weighted by Crippen LogP contribution is -2.41. The Bertz CT molecular complexity index is 985. The Labute approximate surface area is 173 Å². The van der Waals surface area contributed by atoms with Gasteiger partial charge in [0.05, 0.1) is 23.4 Å². The molecule has 1 saturated heterocycles. The Morgan fingerprint density at radius 2 is 2.14 bits per heavy atom. The van der Waals surface area contributed by atoms with Gasteiger partial charge in [-0.1, -0.05) is 48.6 Å². The zero-order chi connectivity index (χ0) is 20.4. The molecule has 2 atom stereocenters. The van der Waals surface area contributed by atoms with E-state index in [0.29, 0.717) is 18.1 Å². The molecular weight excluding hydrogens is 388 g/mol. The first-order valence-electron chi connectivity index (χ1n) is 10.1. The third kappa shape index (κ3) is 3.86. The number of thiazole rings is 1. The average molecular weight is 415 g/mol. The number of piperidine rings is 1. The van der Waals surface area contributed by atoms with Gasteiger partial charge in [0.2, 0.25) is 10.8 Å². The Kier molecular flexibility index (Phi) is 5.82. The van der Waals surface area contributed by atoms with Gasteiger partial charge in [0, 0.05) is 13.0 Å². The first-order chi connectivity index (χ1) is 14.1. The fourth-order valence-electron chi connectivity index (χ4n) is 3.98. The summed E-state index contributed by atoms with van der Waals surface area (Å²) in [5.41, 5.74) is 1.08. The maximum atomic E-state index is 12.4. The van der Waals surface area contributed by atoms with Crippen molar-refractivity contribution in [2.24, 2.45) is 5.92 Å². The van der Waals surface area contributed by atoms with Crippen molar-refractivity contribution in [3.05, 3.63) is 46.6 Å². The van der Waals surface area contributed by atoms with E-state index in [9.17, 15) is 9.90 Å². The van der Waals surface area contributed by atoms with E-state index in [-0.39, 0.29) is 23.8 Å². The number of rotatable bonds is 6. The molecule has 1 aliphatic heterocycles. The molecule has 0 aliphatic carbocycles. The molecule has 0 unspecified atom stereocenters. The predicted molar refractivity (Wildman–Crippen MR) is 111 cm³/mol. The topological polar surface area (TPSA) is 80.0 Å². The first kappa shape index (κ1) is 19.8. The number of aryl methyl sites for hydroxylation is 1. The van der Waals surface area contributed by atoms with Gasteiger partial charge in [-0.25, -0.2) is 4.98 Å². The van der Waals surface area contributed by atoms with Crippen molar-refractivity contribution in [3.63, 3.8) is 0 Å². The second kappa shape index (κ2) is 8.51. The molecule has 3 heterocycles. The molecule has 3 aromatic rings. The van der Waals surface area contributed by atoms with E-state index in [1.807, 2.05) is 32.0 Å². The number of fused-ring (bicyclic) bond motifs is 1. The summed E-state index contributed by atoms with van der Waals surface area (Å²) >= 11 is 1.46. The van der Waals surface area contributed by atoms with Crippen LogP contribution < -0.4 is 0 Å². The van der Waals surface area contributed by atoms with Crippen LogP contribution in [0.5, 0.6) is 5.88 Å². The van der Waals surface area contributed by atoms with Crippen molar-refractivity contribution in [1.29, 1.82) is 0 Å². The molecule has 0 radical (unpaired) electrons. The second-order valence-corrected chi connectivity index (χ2v) is 8.27. The van der Waals surface area contributed by atoms with E-state index in [1.54, 1.807) is 0 Å². The molecular formula is C21H26N4O3S. The van der Waals surface area contributed by atoms with Crippen molar-refractivity contribution in [1.82, 2.24) is 19.5 Å². The number of carbonyl (C=O) groups is 1. The van der Waals surface area contributed by atoms with E-state index >= 15 is 0 Å². The zero-order valence-electron chi connectivity index (χ0n) is 16.7. The van der Waals surface area contributed by atoms with E-state index in [0.717, 1.165) is 42.1 Å². The highest BCUT2D eigenvalue weighted by atomic mass is 32.1. The van der Waals surface area contributed by atoms with Crippen LogP contribution in [0.3, 0.4) is 0 Å². The number of hydrogen-bond donors (Lipinski definition) is 1. The average Bonchev–Trinajstić information content (AvgIpc) is 3.29. The number of ether oxygens (including phenoxy) is 1. The number of esters is 1. The van der Waals surface area contributed by atoms with Gasteiger partial charge in [0.15, 0.2) is 5.82 Å². The van der Waals surface area contributed by atoms with Crippen LogP contribution >= 0.6 is 11.3 Å². The SMILES string of the molecule is CCOC(=O)[C@@H]1CCCN([C@@H](c2ccccc2)c2sc3nc(CC)nn3c2O)C1. The minimum absolute atomic E-state index is 0.129. The maximum Gasteiger partial charge on any atom is 0.310 e. The lowest BCUT2D eigenvalue weighted by atomic mass is 9.94. The van der Waals surface area contributed by atoms with E-state index in [4.69, 9.17) is 4.74 Å². The lowest BCUT2D eigenvalue weighted by molar-refractivity contribution is -0.150. The van der Waals surface area contributed by atoms with E-state index in [2.05, 4.69) is 27.1 Å². The number of benzene rings is 1. The van der Waals surface area contributed by atoms with Crippen molar-refractivity contribution in [2.45, 2.75) is 39.2 Å². The second-order valence-electron chi connectivity index (χ2n) is 7.27. The zero-order valence-corrected chi connectivity index (χ0v) is 17.6.